The van der Waals surface area contributed by atoms with Crippen molar-refractivity contribution in [3.8, 4) is 0 Å². The number of rotatable bonds is 5. The van der Waals surface area contributed by atoms with Gasteiger partial charge in [-0.05, 0) is 19.4 Å². The van der Waals surface area contributed by atoms with Crippen molar-refractivity contribution >= 4 is 17.5 Å². The zero-order valence-corrected chi connectivity index (χ0v) is 13.4. The highest BCUT2D eigenvalue weighted by Gasteiger charge is 2.09. The van der Waals surface area contributed by atoms with E-state index in [-0.39, 0.29) is 11.6 Å². The molecule has 3 aromatic rings. The number of aryl methyl sites for hydroxylation is 2. The number of nitrogens with one attached hydrogen (secondary N) is 2. The molecule has 1 aromatic carbocycles. The SMILES string of the molecule is Cc1cccc(CNC(=O)c2cnc(Nc3cc(C)on3)cn2)c1. The third-order valence-corrected chi connectivity index (χ3v) is 3.30. The summed E-state index contributed by atoms with van der Waals surface area (Å²) >= 11 is 0. The molecule has 0 saturated carbocycles. The van der Waals surface area contributed by atoms with Crippen LogP contribution in [-0.4, -0.2) is 21.0 Å². The second-order valence-electron chi connectivity index (χ2n) is 5.41. The molecule has 0 bridgehead atoms. The van der Waals surface area contributed by atoms with E-state index in [1.54, 1.807) is 13.0 Å². The predicted molar refractivity (Wildman–Crippen MR) is 88.9 cm³/mol. The highest BCUT2D eigenvalue weighted by molar-refractivity contribution is 5.92. The minimum Gasteiger partial charge on any atom is -0.360 e. The largest absolute Gasteiger partial charge is 0.360 e. The lowest BCUT2D eigenvalue weighted by Crippen LogP contribution is -2.24. The van der Waals surface area contributed by atoms with Crippen molar-refractivity contribution in [1.29, 1.82) is 0 Å². The molecule has 0 radical (unpaired) electrons. The molecule has 0 aliphatic heterocycles. The highest BCUT2D eigenvalue weighted by atomic mass is 16.5. The van der Waals surface area contributed by atoms with Crippen LogP contribution in [0.15, 0.2) is 47.2 Å². The van der Waals surface area contributed by atoms with Crippen LogP contribution in [0.3, 0.4) is 0 Å². The Kier molecular flexibility index (Phi) is 4.51. The van der Waals surface area contributed by atoms with Crippen LogP contribution in [0.25, 0.3) is 0 Å². The fourth-order valence-electron chi connectivity index (χ4n) is 2.16. The molecule has 0 aliphatic rings. The summed E-state index contributed by atoms with van der Waals surface area (Å²) in [6.45, 7) is 4.25. The van der Waals surface area contributed by atoms with E-state index in [2.05, 4.69) is 25.8 Å². The Morgan fingerprint density at radius 3 is 2.67 bits per heavy atom. The van der Waals surface area contributed by atoms with Crippen LogP contribution in [-0.2, 0) is 6.54 Å². The maximum atomic E-state index is 12.1. The first-order valence-electron chi connectivity index (χ1n) is 7.46. The second-order valence-corrected chi connectivity index (χ2v) is 5.41. The van der Waals surface area contributed by atoms with Crippen molar-refractivity contribution in [2.24, 2.45) is 0 Å². The predicted octanol–water partition coefficient (Wildman–Crippen LogP) is 2.76. The molecule has 0 saturated heterocycles. The van der Waals surface area contributed by atoms with Gasteiger partial charge in [-0.3, -0.25) is 4.79 Å². The van der Waals surface area contributed by atoms with Crippen LogP contribution in [0.4, 0.5) is 11.6 Å². The van der Waals surface area contributed by atoms with Gasteiger partial charge in [-0.15, -0.1) is 0 Å². The van der Waals surface area contributed by atoms with E-state index in [1.807, 2.05) is 31.2 Å². The fraction of sp³-hybridized carbons (Fsp3) is 0.176. The number of nitrogens with zero attached hydrogens (tertiary/aromatic N) is 3. The number of anilines is 2. The van der Waals surface area contributed by atoms with Gasteiger partial charge in [-0.25, -0.2) is 9.97 Å². The topological polar surface area (TPSA) is 92.9 Å². The normalized spacial score (nSPS) is 10.4. The molecule has 122 valence electrons. The van der Waals surface area contributed by atoms with Gasteiger partial charge < -0.3 is 15.2 Å². The summed E-state index contributed by atoms with van der Waals surface area (Å²) in [6, 6.07) is 9.70. The smallest absolute Gasteiger partial charge is 0.271 e. The summed E-state index contributed by atoms with van der Waals surface area (Å²) in [4.78, 5) is 20.4. The second kappa shape index (κ2) is 6.91. The van der Waals surface area contributed by atoms with Crippen LogP contribution in [0, 0.1) is 13.8 Å². The average molecular weight is 323 g/mol. The Morgan fingerprint density at radius 2 is 2.00 bits per heavy atom. The monoisotopic (exact) mass is 323 g/mol. The van der Waals surface area contributed by atoms with Gasteiger partial charge in [-0.1, -0.05) is 35.0 Å². The summed E-state index contributed by atoms with van der Waals surface area (Å²) in [5, 5.41) is 9.58. The number of hydrogen-bond acceptors (Lipinski definition) is 6. The van der Waals surface area contributed by atoms with Crippen molar-refractivity contribution < 1.29 is 9.32 Å². The molecular formula is C17H17N5O2. The maximum Gasteiger partial charge on any atom is 0.271 e. The lowest BCUT2D eigenvalue weighted by atomic mass is 10.1. The molecule has 24 heavy (non-hydrogen) atoms. The molecule has 1 amide bonds. The first-order chi connectivity index (χ1) is 11.6. The van der Waals surface area contributed by atoms with Crippen molar-refractivity contribution in [3.05, 3.63) is 65.3 Å². The molecule has 7 nitrogen and oxygen atoms in total. The number of amides is 1. The highest BCUT2D eigenvalue weighted by Crippen LogP contribution is 2.13. The Hall–Kier alpha value is -3.22. The van der Waals surface area contributed by atoms with Crippen LogP contribution in [0.1, 0.15) is 27.4 Å². The van der Waals surface area contributed by atoms with Crippen molar-refractivity contribution in [3.63, 3.8) is 0 Å². The van der Waals surface area contributed by atoms with E-state index in [9.17, 15) is 4.79 Å². The Morgan fingerprint density at radius 1 is 1.12 bits per heavy atom. The minimum atomic E-state index is -0.271. The standard InChI is InChI=1S/C17H17N5O2/c1-11-4-3-5-13(6-11)8-20-17(23)14-9-19-16(10-18-14)21-15-7-12(2)24-22-15/h3-7,9-10H,8H2,1-2H3,(H,20,23)(H,19,21,22). The first-order valence-corrected chi connectivity index (χ1v) is 7.46. The lowest BCUT2D eigenvalue weighted by Gasteiger charge is -2.06. The molecule has 0 unspecified atom stereocenters. The average Bonchev–Trinajstić information content (AvgIpc) is 2.98. The van der Waals surface area contributed by atoms with E-state index in [4.69, 9.17) is 4.52 Å². The third-order valence-electron chi connectivity index (χ3n) is 3.30. The van der Waals surface area contributed by atoms with E-state index in [1.165, 1.54) is 12.4 Å². The minimum absolute atomic E-state index is 0.254. The molecule has 2 N–H and O–H groups in total. The molecule has 0 fully saturated rings. The van der Waals surface area contributed by atoms with Gasteiger partial charge in [0.05, 0.1) is 12.4 Å². The quantitative estimate of drug-likeness (QED) is 0.750. The number of carbonyl (C=O) groups is 1. The van der Waals surface area contributed by atoms with Gasteiger partial charge >= 0.3 is 0 Å². The first kappa shape index (κ1) is 15.7. The zero-order valence-electron chi connectivity index (χ0n) is 13.4. The van der Waals surface area contributed by atoms with Gasteiger partial charge in [0.2, 0.25) is 0 Å². The Bertz CT molecular complexity index is 842. The van der Waals surface area contributed by atoms with Gasteiger partial charge in [0.1, 0.15) is 17.3 Å². The van der Waals surface area contributed by atoms with Crippen LogP contribution in [0.2, 0.25) is 0 Å². The molecule has 0 aliphatic carbocycles. The van der Waals surface area contributed by atoms with Crippen molar-refractivity contribution in [1.82, 2.24) is 20.4 Å². The number of carbonyl (C=O) groups excluding carboxylic acids is 1. The van der Waals surface area contributed by atoms with E-state index >= 15 is 0 Å². The summed E-state index contributed by atoms with van der Waals surface area (Å²) in [7, 11) is 0. The molecule has 0 atom stereocenters. The lowest BCUT2D eigenvalue weighted by molar-refractivity contribution is 0.0945. The molecule has 7 heteroatoms. The Labute approximate surface area is 139 Å². The fourth-order valence-corrected chi connectivity index (χ4v) is 2.16. The van der Waals surface area contributed by atoms with Crippen molar-refractivity contribution in [2.75, 3.05) is 5.32 Å². The van der Waals surface area contributed by atoms with E-state index in [0.29, 0.717) is 23.9 Å². The molecule has 0 spiro atoms. The molecular weight excluding hydrogens is 306 g/mol. The zero-order chi connectivity index (χ0) is 16.9. The molecule has 3 rings (SSSR count). The van der Waals surface area contributed by atoms with E-state index < -0.39 is 0 Å². The van der Waals surface area contributed by atoms with Crippen molar-refractivity contribution in [2.45, 2.75) is 20.4 Å². The summed E-state index contributed by atoms with van der Waals surface area (Å²) in [5.41, 5.74) is 2.44. The summed E-state index contributed by atoms with van der Waals surface area (Å²) in [5.74, 6) is 1.45. The van der Waals surface area contributed by atoms with Crippen LogP contribution < -0.4 is 10.6 Å². The molecule has 2 heterocycles. The summed E-state index contributed by atoms with van der Waals surface area (Å²) < 4.78 is 4.96. The number of aromatic nitrogens is 3. The van der Waals surface area contributed by atoms with Crippen LogP contribution >= 0.6 is 0 Å². The van der Waals surface area contributed by atoms with Gasteiger partial charge in [0.15, 0.2) is 5.82 Å². The summed E-state index contributed by atoms with van der Waals surface area (Å²) in [6.07, 6.45) is 2.90. The third kappa shape index (κ3) is 3.95. The maximum absolute atomic E-state index is 12.1. The number of hydrogen-bond donors (Lipinski definition) is 2. The van der Waals surface area contributed by atoms with E-state index in [0.717, 1.165) is 11.1 Å². The van der Waals surface area contributed by atoms with Crippen LogP contribution in [0.5, 0.6) is 0 Å². The number of benzene rings is 1. The van der Waals surface area contributed by atoms with Gasteiger partial charge in [0, 0.05) is 12.6 Å². The van der Waals surface area contributed by atoms with Gasteiger partial charge in [-0.2, -0.15) is 0 Å². The van der Waals surface area contributed by atoms with Gasteiger partial charge in [0.25, 0.3) is 5.91 Å². The Balaban J connectivity index is 1.59. The molecule has 2 aromatic heterocycles.